The van der Waals surface area contributed by atoms with E-state index in [9.17, 15) is 14.7 Å². The second-order valence-corrected chi connectivity index (χ2v) is 8.56. The summed E-state index contributed by atoms with van der Waals surface area (Å²) >= 11 is 0. The Hall–Kier alpha value is -2.96. The second-order valence-electron chi connectivity index (χ2n) is 8.56. The van der Waals surface area contributed by atoms with Crippen LogP contribution >= 0.6 is 0 Å². The van der Waals surface area contributed by atoms with E-state index in [0.717, 1.165) is 11.3 Å². The smallest absolute Gasteiger partial charge is 0.309 e. The van der Waals surface area contributed by atoms with Crippen LogP contribution in [-0.2, 0) is 16.6 Å². The van der Waals surface area contributed by atoms with E-state index in [1.165, 1.54) is 0 Å². The fourth-order valence-corrected chi connectivity index (χ4v) is 4.14. The molecule has 2 aromatic rings. The standard InChI is InChI=1S/C22H28N4O3/c1-14-15(13-26(5)25-14)12-23-17-8-6-7-9-18(17)24-19(27)16-10-11-22(4,20(28)29)21(16,2)3/h6-9,12-13,16H,10-11H2,1-5H3,(H,24,27)(H,28,29)/t16-,22-/m1/s1. The average Bonchev–Trinajstić information content (AvgIpc) is 3.09. The molecule has 3 rings (SSSR count). The van der Waals surface area contributed by atoms with Crippen LogP contribution in [0.5, 0.6) is 0 Å². The van der Waals surface area contributed by atoms with Gasteiger partial charge in [-0.15, -0.1) is 0 Å². The van der Waals surface area contributed by atoms with Crippen molar-refractivity contribution in [3.63, 3.8) is 0 Å². The topological polar surface area (TPSA) is 96.6 Å². The van der Waals surface area contributed by atoms with Crippen LogP contribution in [-0.4, -0.2) is 33.0 Å². The quantitative estimate of drug-likeness (QED) is 0.748. The first-order chi connectivity index (χ1) is 13.6. The maximum absolute atomic E-state index is 13.1. The summed E-state index contributed by atoms with van der Waals surface area (Å²) in [5, 5.41) is 17.0. The van der Waals surface area contributed by atoms with Crippen LogP contribution in [0.1, 0.15) is 44.9 Å². The van der Waals surface area contributed by atoms with Gasteiger partial charge in [-0.05, 0) is 44.2 Å². The van der Waals surface area contributed by atoms with E-state index in [0.29, 0.717) is 24.2 Å². The van der Waals surface area contributed by atoms with E-state index in [4.69, 9.17) is 0 Å². The predicted octanol–water partition coefficient (Wildman–Crippen LogP) is 3.94. The Balaban J connectivity index is 1.82. The molecule has 0 spiro atoms. The maximum Gasteiger partial charge on any atom is 0.309 e. The lowest BCUT2D eigenvalue weighted by atomic mass is 9.65. The van der Waals surface area contributed by atoms with Crippen LogP contribution in [0.4, 0.5) is 11.4 Å². The first-order valence-electron chi connectivity index (χ1n) is 9.74. The molecule has 1 amide bonds. The van der Waals surface area contributed by atoms with Crippen LogP contribution in [0.15, 0.2) is 35.5 Å². The van der Waals surface area contributed by atoms with Gasteiger partial charge in [0, 0.05) is 30.9 Å². The van der Waals surface area contributed by atoms with Crippen LogP contribution in [0.2, 0.25) is 0 Å². The third-order valence-corrected chi connectivity index (χ3v) is 6.57. The van der Waals surface area contributed by atoms with E-state index in [1.54, 1.807) is 23.9 Å². The molecule has 1 aliphatic rings. The van der Waals surface area contributed by atoms with Gasteiger partial charge >= 0.3 is 5.97 Å². The Bertz CT molecular complexity index is 976. The molecule has 7 nitrogen and oxygen atoms in total. The maximum atomic E-state index is 13.1. The molecule has 2 atom stereocenters. The fourth-order valence-electron chi connectivity index (χ4n) is 4.14. The molecule has 0 radical (unpaired) electrons. The Morgan fingerprint density at radius 2 is 2.00 bits per heavy atom. The van der Waals surface area contributed by atoms with Gasteiger partial charge in [0.15, 0.2) is 0 Å². The molecule has 1 saturated carbocycles. The molecule has 0 bridgehead atoms. The number of carbonyl (C=O) groups excluding carboxylic acids is 1. The third kappa shape index (κ3) is 3.69. The van der Waals surface area contributed by atoms with Gasteiger partial charge in [0.05, 0.1) is 22.5 Å². The first-order valence-corrected chi connectivity index (χ1v) is 9.74. The number of amides is 1. The van der Waals surface area contributed by atoms with Gasteiger partial charge in [0.1, 0.15) is 0 Å². The lowest BCUT2D eigenvalue weighted by Gasteiger charge is -2.37. The van der Waals surface area contributed by atoms with Crippen molar-refractivity contribution in [2.45, 2.75) is 40.5 Å². The highest BCUT2D eigenvalue weighted by Gasteiger charge is 2.58. The number of benzene rings is 1. The molecule has 0 aliphatic heterocycles. The zero-order valence-electron chi connectivity index (χ0n) is 17.6. The number of aryl methyl sites for hydroxylation is 2. The molecule has 7 heteroatoms. The summed E-state index contributed by atoms with van der Waals surface area (Å²) < 4.78 is 1.73. The summed E-state index contributed by atoms with van der Waals surface area (Å²) in [7, 11) is 1.85. The Morgan fingerprint density at radius 1 is 1.31 bits per heavy atom. The van der Waals surface area contributed by atoms with E-state index in [-0.39, 0.29) is 11.8 Å². The van der Waals surface area contributed by atoms with Gasteiger partial charge in [-0.2, -0.15) is 5.10 Å². The number of anilines is 1. The SMILES string of the molecule is Cc1nn(C)cc1C=Nc1ccccc1NC(=O)[C@H]1CC[C@](C)(C(=O)O)C1(C)C. The highest BCUT2D eigenvalue weighted by atomic mass is 16.4. The molecular formula is C22H28N4O3. The Kier molecular flexibility index (Phi) is 5.34. The largest absolute Gasteiger partial charge is 0.481 e. The summed E-state index contributed by atoms with van der Waals surface area (Å²) in [6.45, 7) is 7.38. The number of aliphatic imine (C=N–C) groups is 1. The summed E-state index contributed by atoms with van der Waals surface area (Å²) in [5.74, 6) is -1.41. The number of aromatic nitrogens is 2. The summed E-state index contributed by atoms with van der Waals surface area (Å²) in [6, 6.07) is 7.34. The van der Waals surface area contributed by atoms with E-state index >= 15 is 0 Å². The lowest BCUT2D eigenvalue weighted by Crippen LogP contribution is -2.43. The van der Waals surface area contributed by atoms with Gasteiger partial charge < -0.3 is 10.4 Å². The number of aliphatic carboxylic acids is 1. The van der Waals surface area contributed by atoms with Crippen molar-refractivity contribution in [2.75, 3.05) is 5.32 Å². The van der Waals surface area contributed by atoms with Crippen molar-refractivity contribution >= 4 is 29.5 Å². The molecule has 1 fully saturated rings. The molecule has 0 saturated heterocycles. The molecule has 1 aromatic carbocycles. The van der Waals surface area contributed by atoms with Crippen LogP contribution in [0.3, 0.4) is 0 Å². The van der Waals surface area contributed by atoms with Gasteiger partial charge in [-0.1, -0.05) is 26.0 Å². The van der Waals surface area contributed by atoms with E-state index in [1.807, 2.05) is 52.2 Å². The number of carboxylic acids is 1. The number of carbonyl (C=O) groups is 2. The molecule has 0 unspecified atom stereocenters. The number of rotatable bonds is 5. The minimum absolute atomic E-state index is 0.166. The Morgan fingerprint density at radius 3 is 2.59 bits per heavy atom. The van der Waals surface area contributed by atoms with Crippen molar-refractivity contribution < 1.29 is 14.7 Å². The number of para-hydroxylation sites is 2. The number of nitrogens with one attached hydrogen (secondary N) is 1. The van der Waals surface area contributed by atoms with Crippen molar-refractivity contribution in [1.82, 2.24) is 9.78 Å². The summed E-state index contributed by atoms with van der Waals surface area (Å²) in [4.78, 5) is 29.4. The Labute approximate surface area is 170 Å². The number of carboxylic acid groups (broad SMARTS) is 1. The van der Waals surface area contributed by atoms with Gasteiger partial charge in [-0.25, -0.2) is 0 Å². The number of nitrogens with zero attached hydrogens (tertiary/aromatic N) is 3. The molecule has 1 aliphatic carbocycles. The van der Waals surface area contributed by atoms with Crippen molar-refractivity contribution in [1.29, 1.82) is 0 Å². The van der Waals surface area contributed by atoms with Crippen molar-refractivity contribution in [3.8, 4) is 0 Å². The number of hydrogen-bond donors (Lipinski definition) is 2. The van der Waals surface area contributed by atoms with E-state index < -0.39 is 16.8 Å². The van der Waals surface area contributed by atoms with Crippen molar-refractivity contribution in [2.24, 2.45) is 28.8 Å². The van der Waals surface area contributed by atoms with Gasteiger partial charge in [0.25, 0.3) is 0 Å². The predicted molar refractivity (Wildman–Crippen MR) is 113 cm³/mol. The first kappa shape index (κ1) is 20.8. The zero-order valence-corrected chi connectivity index (χ0v) is 17.6. The van der Waals surface area contributed by atoms with Gasteiger partial charge in [0.2, 0.25) is 5.91 Å². The monoisotopic (exact) mass is 396 g/mol. The van der Waals surface area contributed by atoms with Crippen LogP contribution in [0.25, 0.3) is 0 Å². The molecule has 1 aromatic heterocycles. The zero-order chi connectivity index (χ0) is 21.4. The fraction of sp³-hybridized carbons (Fsp3) is 0.455. The average molecular weight is 396 g/mol. The molecule has 1 heterocycles. The molecule has 29 heavy (non-hydrogen) atoms. The molecule has 154 valence electrons. The highest BCUT2D eigenvalue weighted by Crippen LogP contribution is 2.56. The summed E-state index contributed by atoms with van der Waals surface area (Å²) in [6.07, 6.45) is 4.64. The van der Waals surface area contributed by atoms with Crippen molar-refractivity contribution in [3.05, 3.63) is 41.7 Å². The number of hydrogen-bond acceptors (Lipinski definition) is 4. The minimum Gasteiger partial charge on any atom is -0.481 e. The highest BCUT2D eigenvalue weighted by molar-refractivity contribution is 5.97. The molecule has 2 N–H and O–H groups in total. The van der Waals surface area contributed by atoms with Crippen LogP contribution in [0, 0.1) is 23.7 Å². The normalized spacial score (nSPS) is 23.4. The van der Waals surface area contributed by atoms with Gasteiger partial charge in [-0.3, -0.25) is 19.3 Å². The van der Waals surface area contributed by atoms with E-state index in [2.05, 4.69) is 15.4 Å². The molecular weight excluding hydrogens is 368 g/mol. The summed E-state index contributed by atoms with van der Waals surface area (Å²) in [5.41, 5.74) is 1.44. The van der Waals surface area contributed by atoms with Crippen LogP contribution < -0.4 is 5.32 Å². The minimum atomic E-state index is -0.926. The lowest BCUT2D eigenvalue weighted by molar-refractivity contribution is -0.154. The second kappa shape index (κ2) is 7.46. The third-order valence-electron chi connectivity index (χ3n) is 6.57.